The summed E-state index contributed by atoms with van der Waals surface area (Å²) in [5.41, 5.74) is 0.991. The average Bonchev–Trinajstić information content (AvgIpc) is 3.14. The number of nitrogens with zero attached hydrogens (tertiary/aromatic N) is 2. The predicted molar refractivity (Wildman–Crippen MR) is 110 cm³/mol. The van der Waals surface area contributed by atoms with E-state index in [9.17, 15) is 14.9 Å². The number of anilines is 1. The van der Waals surface area contributed by atoms with Crippen LogP contribution in [0, 0.1) is 15.5 Å². The van der Waals surface area contributed by atoms with Gasteiger partial charge in [0.15, 0.2) is 0 Å². The Bertz CT molecular complexity index is 849. The summed E-state index contributed by atoms with van der Waals surface area (Å²) < 4.78 is 5.82. The Morgan fingerprint density at radius 3 is 2.72 bits per heavy atom. The van der Waals surface area contributed by atoms with E-state index in [1.165, 1.54) is 11.3 Å². The van der Waals surface area contributed by atoms with Gasteiger partial charge in [0.25, 0.3) is 5.69 Å². The molecule has 153 valence electrons. The van der Waals surface area contributed by atoms with Crippen molar-refractivity contribution in [3.63, 3.8) is 0 Å². The van der Waals surface area contributed by atoms with E-state index in [2.05, 4.69) is 5.38 Å². The molecule has 1 aliphatic rings. The van der Waals surface area contributed by atoms with E-state index in [-0.39, 0.29) is 55.8 Å². The second-order valence-electron chi connectivity index (χ2n) is 8.06. The number of nitro groups is 1. The zero-order valence-electron chi connectivity index (χ0n) is 17.0. The molecule has 0 N–H and O–H groups in total. The summed E-state index contributed by atoms with van der Waals surface area (Å²) in [5, 5.41) is 14.8. The van der Waals surface area contributed by atoms with Crippen molar-refractivity contribution in [2.75, 3.05) is 11.5 Å². The number of thiophene rings is 1. The van der Waals surface area contributed by atoms with Crippen molar-refractivity contribution in [2.45, 2.75) is 58.1 Å². The Hall–Kier alpha value is -1.15. The fourth-order valence-electron chi connectivity index (χ4n) is 3.41. The van der Waals surface area contributed by atoms with Crippen LogP contribution in [-0.2, 0) is 54.3 Å². The van der Waals surface area contributed by atoms with E-state index in [1.54, 1.807) is 17.0 Å². The Kier molecular flexibility index (Phi) is 8.52. The summed E-state index contributed by atoms with van der Waals surface area (Å²) in [6.07, 6.45) is 1.93. The first kappa shape index (κ1) is 24.1. The molecule has 29 heavy (non-hydrogen) atoms. The second kappa shape index (κ2) is 10.2. The molecule has 2 heterocycles. The predicted octanol–water partition coefficient (Wildman–Crippen LogP) is 4.85. The van der Waals surface area contributed by atoms with E-state index in [0.29, 0.717) is 25.3 Å². The van der Waals surface area contributed by atoms with Gasteiger partial charge in [-0.3, -0.25) is 26.2 Å². The van der Waals surface area contributed by atoms with Crippen molar-refractivity contribution in [1.29, 1.82) is 0 Å². The third-order valence-corrected chi connectivity index (χ3v) is 5.71. The number of amides is 1. The molecular formula is C21H25N2O4SY-. The van der Waals surface area contributed by atoms with Crippen LogP contribution in [0.15, 0.2) is 30.3 Å². The number of piperidine rings is 1. The second-order valence-corrected chi connectivity index (χ2v) is 9.02. The average molecular weight is 490 g/mol. The van der Waals surface area contributed by atoms with Crippen molar-refractivity contribution >= 4 is 28.6 Å². The molecule has 8 heteroatoms. The maximum Gasteiger partial charge on any atom is 0.293 e. The van der Waals surface area contributed by atoms with Crippen molar-refractivity contribution in [2.24, 2.45) is 0 Å². The van der Waals surface area contributed by atoms with Gasteiger partial charge in [-0.1, -0.05) is 26.8 Å². The van der Waals surface area contributed by atoms with Gasteiger partial charge < -0.3 is 9.64 Å². The molecule has 0 bridgehead atoms. The number of hydrogen-bond acceptors (Lipinski definition) is 5. The molecule has 2 aromatic rings. The molecule has 1 amide bonds. The third-order valence-electron chi connectivity index (χ3n) is 4.94. The molecule has 3 rings (SSSR count). The van der Waals surface area contributed by atoms with Crippen molar-refractivity contribution in [3.05, 3.63) is 56.3 Å². The topological polar surface area (TPSA) is 72.7 Å². The molecule has 1 atom stereocenters. The van der Waals surface area contributed by atoms with Gasteiger partial charge in [-0.2, -0.15) is 12.1 Å². The van der Waals surface area contributed by atoms with Crippen LogP contribution in [-0.4, -0.2) is 23.5 Å². The third kappa shape index (κ3) is 5.94. The van der Waals surface area contributed by atoms with Crippen molar-refractivity contribution < 1.29 is 47.2 Å². The summed E-state index contributed by atoms with van der Waals surface area (Å²) in [4.78, 5) is 26.7. The van der Waals surface area contributed by atoms with Crippen LogP contribution >= 0.6 is 11.3 Å². The normalized spacial score (nSPS) is 17.1. The first-order valence-corrected chi connectivity index (χ1v) is 10.2. The minimum atomic E-state index is -0.397. The maximum absolute atomic E-state index is 12.7. The molecule has 0 aliphatic carbocycles. The smallest absolute Gasteiger partial charge is 0.293 e. The van der Waals surface area contributed by atoms with Gasteiger partial charge >= 0.3 is 0 Å². The number of carbonyl (C=O) groups excluding carboxylic acids is 1. The zero-order valence-corrected chi connectivity index (χ0v) is 20.7. The first-order valence-electron chi connectivity index (χ1n) is 9.41. The first-order chi connectivity index (χ1) is 13.3. The minimum Gasteiger partial charge on any atom is -0.387 e. The van der Waals surface area contributed by atoms with Gasteiger partial charge in [-0.15, -0.1) is 10.3 Å². The molecule has 1 aromatic heterocycles. The van der Waals surface area contributed by atoms with Crippen LogP contribution in [0.5, 0.6) is 0 Å². The minimum absolute atomic E-state index is 0. The fraction of sp³-hybridized carbons (Fsp3) is 0.476. The number of carbonyl (C=O) groups is 1. The summed E-state index contributed by atoms with van der Waals surface area (Å²) >= 11 is 1.50. The fourth-order valence-corrected chi connectivity index (χ4v) is 3.98. The monoisotopic (exact) mass is 490 g/mol. The molecule has 6 nitrogen and oxygen atoms in total. The zero-order chi connectivity index (χ0) is 20.3. The van der Waals surface area contributed by atoms with Gasteiger partial charge in [-0.05, 0) is 29.9 Å². The summed E-state index contributed by atoms with van der Waals surface area (Å²) in [5.74, 6) is -0.0871. The van der Waals surface area contributed by atoms with Crippen molar-refractivity contribution in [1.82, 2.24) is 0 Å². The van der Waals surface area contributed by atoms with Crippen LogP contribution in [0.1, 0.15) is 50.5 Å². The number of rotatable bonds is 6. The standard InChI is InChI=1S/C21H25N2O4S.Y/c1-21(2,3)15-9-10-18(19(12-15)23(25)26)22-16(6-4-8-20(22)24)13-27-14-17-7-5-11-28-17;/h5,7,9-10,12,16H,4,6,8,13-14H2,1-3H3;/q-1;. The van der Waals surface area contributed by atoms with Crippen LogP contribution in [0.3, 0.4) is 0 Å². The van der Waals surface area contributed by atoms with E-state index < -0.39 is 4.92 Å². The van der Waals surface area contributed by atoms with Gasteiger partial charge in [0.05, 0.1) is 17.6 Å². The van der Waals surface area contributed by atoms with Crippen molar-refractivity contribution in [3.8, 4) is 0 Å². The Morgan fingerprint density at radius 1 is 1.34 bits per heavy atom. The summed E-state index contributed by atoms with van der Waals surface area (Å²) in [6, 6.07) is 8.78. The number of ether oxygens (including phenoxy) is 1. The van der Waals surface area contributed by atoms with Gasteiger partial charge in [0.2, 0.25) is 5.91 Å². The van der Waals surface area contributed by atoms with E-state index >= 15 is 0 Å². The Balaban J connectivity index is 0.00000300. The maximum atomic E-state index is 12.7. The molecule has 1 unspecified atom stereocenters. The van der Waals surface area contributed by atoms with Gasteiger partial charge in [-0.25, -0.2) is 0 Å². The number of nitro benzene ring substituents is 1. The SMILES string of the molecule is CC(C)(C)c1ccc(N2C(=O)CCCC2COCc2cc[c-]s2)c([N+](=O)[O-])c1.[Y]. The van der Waals surface area contributed by atoms with Gasteiger partial charge in [0, 0.05) is 51.8 Å². The van der Waals surface area contributed by atoms with Crippen LogP contribution in [0.4, 0.5) is 11.4 Å². The van der Waals surface area contributed by atoms with Crippen LogP contribution in [0.25, 0.3) is 0 Å². The molecule has 1 fully saturated rings. The largest absolute Gasteiger partial charge is 0.387 e. The molecule has 1 radical (unpaired) electrons. The van der Waals surface area contributed by atoms with Crippen LogP contribution in [0.2, 0.25) is 0 Å². The quantitative estimate of drug-likeness (QED) is 0.330. The summed E-state index contributed by atoms with van der Waals surface area (Å²) in [6.45, 7) is 6.84. The Labute approximate surface area is 200 Å². The summed E-state index contributed by atoms with van der Waals surface area (Å²) in [7, 11) is 0. The van der Waals surface area contributed by atoms with Gasteiger partial charge in [0.1, 0.15) is 5.69 Å². The molecule has 0 saturated carbocycles. The molecule has 1 aromatic carbocycles. The van der Waals surface area contributed by atoms with E-state index in [1.807, 2.05) is 39.0 Å². The molecule has 1 saturated heterocycles. The van der Waals surface area contributed by atoms with E-state index in [0.717, 1.165) is 23.3 Å². The molecule has 0 spiro atoms. The Morgan fingerprint density at radius 2 is 2.10 bits per heavy atom. The van der Waals surface area contributed by atoms with E-state index in [4.69, 9.17) is 4.74 Å². The number of benzene rings is 1. The molecule has 1 aliphatic heterocycles. The molecular weight excluding hydrogens is 465 g/mol. The number of hydrogen-bond donors (Lipinski definition) is 0. The van der Waals surface area contributed by atoms with Crippen LogP contribution < -0.4 is 4.90 Å².